The number of fused-ring (bicyclic) bond motifs is 1. The highest BCUT2D eigenvalue weighted by atomic mass is 15.3. The Morgan fingerprint density at radius 3 is 3.08 bits per heavy atom. The maximum atomic E-state index is 4.36. The van der Waals surface area contributed by atoms with Crippen molar-refractivity contribution in [1.82, 2.24) is 9.78 Å². The second kappa shape index (κ2) is 2.77. The van der Waals surface area contributed by atoms with Gasteiger partial charge in [-0.05, 0) is 38.3 Å². The van der Waals surface area contributed by atoms with Gasteiger partial charge >= 0.3 is 0 Å². The first kappa shape index (κ1) is 7.59. The number of aryl methyl sites for hydroxylation is 1. The quantitative estimate of drug-likeness (QED) is 0.620. The van der Waals surface area contributed by atoms with Gasteiger partial charge in [0.1, 0.15) is 0 Å². The zero-order valence-electron chi connectivity index (χ0n) is 7.62. The molecule has 64 valence electrons. The molecule has 0 aliphatic heterocycles. The first-order valence-corrected chi connectivity index (χ1v) is 4.52. The second-order valence-corrected chi connectivity index (χ2v) is 3.53. The number of hydrogen-bond donors (Lipinski definition) is 0. The molecule has 0 atom stereocenters. The predicted octanol–water partition coefficient (Wildman–Crippen LogP) is 2.42. The van der Waals surface area contributed by atoms with Gasteiger partial charge in [-0.2, -0.15) is 5.10 Å². The molecule has 2 heteroatoms. The Hall–Kier alpha value is -1.05. The fourth-order valence-electron chi connectivity index (χ4n) is 1.63. The van der Waals surface area contributed by atoms with Crippen LogP contribution in [0.15, 0.2) is 12.3 Å². The van der Waals surface area contributed by atoms with Crippen LogP contribution in [-0.4, -0.2) is 9.78 Å². The number of nitrogens with zero attached hydrogens (tertiary/aromatic N) is 2. The molecule has 0 amide bonds. The van der Waals surface area contributed by atoms with Gasteiger partial charge in [0.15, 0.2) is 0 Å². The number of hydrogen-bond acceptors (Lipinski definition) is 1. The molecule has 0 N–H and O–H groups in total. The molecule has 1 aliphatic rings. The topological polar surface area (TPSA) is 17.8 Å². The standard InChI is InChI=1S/C10H14N2/c1-8(2)12-10-6-4-3-5-9(10)7-11-12/h4,6-8H,3,5H2,1-2H3. The maximum Gasteiger partial charge on any atom is 0.0641 e. The normalized spacial score (nSPS) is 15.2. The highest BCUT2D eigenvalue weighted by Crippen LogP contribution is 2.20. The molecule has 0 aromatic carbocycles. The van der Waals surface area contributed by atoms with E-state index in [9.17, 15) is 0 Å². The molecule has 0 bridgehead atoms. The van der Waals surface area contributed by atoms with Gasteiger partial charge in [-0.25, -0.2) is 0 Å². The minimum absolute atomic E-state index is 0.469. The van der Waals surface area contributed by atoms with Gasteiger partial charge < -0.3 is 0 Å². The average molecular weight is 162 g/mol. The lowest BCUT2D eigenvalue weighted by Crippen LogP contribution is -2.06. The molecule has 0 saturated heterocycles. The molecular formula is C10H14N2. The van der Waals surface area contributed by atoms with Crippen molar-refractivity contribution in [2.24, 2.45) is 0 Å². The van der Waals surface area contributed by atoms with Crippen molar-refractivity contribution >= 4 is 6.08 Å². The van der Waals surface area contributed by atoms with E-state index in [0.717, 1.165) is 12.8 Å². The predicted molar refractivity (Wildman–Crippen MR) is 50.0 cm³/mol. The molecule has 0 radical (unpaired) electrons. The summed E-state index contributed by atoms with van der Waals surface area (Å²) in [6, 6.07) is 0.469. The molecule has 0 unspecified atom stereocenters. The van der Waals surface area contributed by atoms with E-state index < -0.39 is 0 Å². The summed E-state index contributed by atoms with van der Waals surface area (Å²) in [5.41, 5.74) is 2.70. The minimum Gasteiger partial charge on any atom is -0.263 e. The van der Waals surface area contributed by atoms with Crippen LogP contribution in [0.2, 0.25) is 0 Å². The van der Waals surface area contributed by atoms with E-state index in [1.807, 2.05) is 6.20 Å². The highest BCUT2D eigenvalue weighted by molar-refractivity contribution is 5.52. The largest absolute Gasteiger partial charge is 0.263 e. The van der Waals surface area contributed by atoms with Crippen LogP contribution < -0.4 is 0 Å². The van der Waals surface area contributed by atoms with Crippen LogP contribution in [0, 0.1) is 0 Å². The summed E-state index contributed by atoms with van der Waals surface area (Å²) < 4.78 is 2.09. The van der Waals surface area contributed by atoms with E-state index in [-0.39, 0.29) is 0 Å². The Morgan fingerprint density at radius 1 is 1.50 bits per heavy atom. The molecular weight excluding hydrogens is 148 g/mol. The van der Waals surface area contributed by atoms with Crippen LogP contribution in [-0.2, 0) is 6.42 Å². The summed E-state index contributed by atoms with van der Waals surface area (Å²) in [7, 11) is 0. The van der Waals surface area contributed by atoms with Crippen molar-refractivity contribution in [3.8, 4) is 0 Å². The maximum absolute atomic E-state index is 4.36. The van der Waals surface area contributed by atoms with Crippen LogP contribution in [0.25, 0.3) is 6.08 Å². The van der Waals surface area contributed by atoms with E-state index in [0.29, 0.717) is 6.04 Å². The Labute approximate surface area is 72.9 Å². The minimum atomic E-state index is 0.469. The smallest absolute Gasteiger partial charge is 0.0641 e. The van der Waals surface area contributed by atoms with E-state index in [4.69, 9.17) is 0 Å². The molecule has 1 aromatic rings. The summed E-state index contributed by atoms with van der Waals surface area (Å²) in [4.78, 5) is 0. The molecule has 1 aliphatic carbocycles. The fourth-order valence-corrected chi connectivity index (χ4v) is 1.63. The van der Waals surface area contributed by atoms with Gasteiger partial charge in [0.2, 0.25) is 0 Å². The first-order chi connectivity index (χ1) is 5.79. The molecule has 0 saturated carbocycles. The Balaban J connectivity index is 2.47. The van der Waals surface area contributed by atoms with E-state index in [1.165, 1.54) is 11.3 Å². The SMILES string of the molecule is CC(C)n1ncc2c1C=CCC2. The van der Waals surface area contributed by atoms with E-state index >= 15 is 0 Å². The van der Waals surface area contributed by atoms with Crippen LogP contribution in [0.1, 0.15) is 37.6 Å². The molecule has 2 rings (SSSR count). The van der Waals surface area contributed by atoms with E-state index in [2.05, 4.69) is 35.8 Å². The van der Waals surface area contributed by atoms with Crippen LogP contribution >= 0.6 is 0 Å². The van der Waals surface area contributed by atoms with Crippen molar-refractivity contribution in [1.29, 1.82) is 0 Å². The van der Waals surface area contributed by atoms with Gasteiger partial charge in [0.25, 0.3) is 0 Å². The molecule has 1 heterocycles. The summed E-state index contributed by atoms with van der Waals surface area (Å²) in [6.45, 7) is 4.32. The lowest BCUT2D eigenvalue weighted by atomic mass is 10.0. The molecule has 2 nitrogen and oxygen atoms in total. The second-order valence-electron chi connectivity index (χ2n) is 3.53. The van der Waals surface area contributed by atoms with Crippen LogP contribution in [0.5, 0.6) is 0 Å². The lowest BCUT2D eigenvalue weighted by Gasteiger charge is -2.11. The van der Waals surface area contributed by atoms with Crippen LogP contribution in [0.3, 0.4) is 0 Å². The molecule has 12 heavy (non-hydrogen) atoms. The van der Waals surface area contributed by atoms with Crippen molar-refractivity contribution in [3.63, 3.8) is 0 Å². The number of rotatable bonds is 1. The highest BCUT2D eigenvalue weighted by Gasteiger charge is 2.11. The summed E-state index contributed by atoms with van der Waals surface area (Å²) in [5.74, 6) is 0. The average Bonchev–Trinajstić information content (AvgIpc) is 2.47. The Morgan fingerprint density at radius 2 is 2.33 bits per heavy atom. The third-order valence-corrected chi connectivity index (χ3v) is 2.26. The fraction of sp³-hybridized carbons (Fsp3) is 0.500. The van der Waals surface area contributed by atoms with Crippen molar-refractivity contribution in [2.75, 3.05) is 0 Å². The van der Waals surface area contributed by atoms with Gasteiger partial charge in [-0.3, -0.25) is 4.68 Å². The Kier molecular flexibility index (Phi) is 1.75. The first-order valence-electron chi connectivity index (χ1n) is 4.52. The monoisotopic (exact) mass is 162 g/mol. The van der Waals surface area contributed by atoms with Gasteiger partial charge in [0.05, 0.1) is 11.9 Å². The molecule has 0 fully saturated rings. The number of aromatic nitrogens is 2. The van der Waals surface area contributed by atoms with Gasteiger partial charge in [0, 0.05) is 6.04 Å². The van der Waals surface area contributed by atoms with Gasteiger partial charge in [-0.1, -0.05) is 6.08 Å². The summed E-state index contributed by atoms with van der Waals surface area (Å²) >= 11 is 0. The molecule has 1 aromatic heterocycles. The van der Waals surface area contributed by atoms with Crippen molar-refractivity contribution in [2.45, 2.75) is 32.7 Å². The zero-order chi connectivity index (χ0) is 8.55. The summed E-state index contributed by atoms with van der Waals surface area (Å²) in [6.07, 6.45) is 8.73. The van der Waals surface area contributed by atoms with E-state index in [1.54, 1.807) is 0 Å². The lowest BCUT2D eigenvalue weighted by molar-refractivity contribution is 0.527. The number of allylic oxidation sites excluding steroid dienone is 1. The van der Waals surface area contributed by atoms with Crippen LogP contribution in [0.4, 0.5) is 0 Å². The molecule has 0 spiro atoms. The van der Waals surface area contributed by atoms with Crippen molar-refractivity contribution in [3.05, 3.63) is 23.5 Å². The zero-order valence-corrected chi connectivity index (χ0v) is 7.62. The third-order valence-electron chi connectivity index (χ3n) is 2.26. The van der Waals surface area contributed by atoms with Gasteiger partial charge in [-0.15, -0.1) is 0 Å². The third kappa shape index (κ3) is 1.07. The van der Waals surface area contributed by atoms with Crippen molar-refractivity contribution < 1.29 is 0 Å². The summed E-state index contributed by atoms with van der Waals surface area (Å²) in [5, 5.41) is 4.36. The Bertz CT molecular complexity index is 308.